The fourth-order valence-electron chi connectivity index (χ4n) is 3.94. The van der Waals surface area contributed by atoms with Crippen LogP contribution in [0.15, 0.2) is 68.8 Å². The molecule has 0 amide bonds. The second kappa shape index (κ2) is 8.00. The van der Waals surface area contributed by atoms with Gasteiger partial charge < -0.3 is 9.41 Å². The Labute approximate surface area is 165 Å². The quantitative estimate of drug-likeness (QED) is 0.641. The topological polar surface area (TPSA) is 4.93 Å². The van der Waals surface area contributed by atoms with E-state index in [1.165, 1.54) is 16.8 Å². The van der Waals surface area contributed by atoms with Gasteiger partial charge in [-0.15, -0.1) is 0 Å². The van der Waals surface area contributed by atoms with Crippen LogP contribution in [0.1, 0.15) is 42.4 Å². The van der Waals surface area contributed by atoms with Crippen molar-refractivity contribution >= 4 is 11.8 Å². The summed E-state index contributed by atoms with van der Waals surface area (Å²) in [6.45, 7) is 9.38. The molecule has 0 saturated heterocycles. The van der Waals surface area contributed by atoms with E-state index in [0.717, 1.165) is 0 Å². The first kappa shape index (κ1) is 20.8. The molecule has 0 radical (unpaired) electrons. The van der Waals surface area contributed by atoms with Crippen molar-refractivity contribution in [3.63, 3.8) is 0 Å². The monoisotopic (exact) mass is 429 g/mol. The molecule has 0 N–H and O–H groups in total. The number of benzene rings is 1. The first-order valence-corrected chi connectivity index (χ1v) is 11.3. The fourth-order valence-corrected chi connectivity index (χ4v) is 8.81. The molecule has 2 aliphatic carbocycles. The van der Waals surface area contributed by atoms with Gasteiger partial charge in [-0.2, -0.15) is 0 Å². The molecule has 0 aliphatic heterocycles. The number of hydrogen-bond donors (Lipinski definition) is 0. The molecule has 2 atom stereocenters. The number of rotatable bonds is 3. The molecule has 26 heavy (non-hydrogen) atoms. The van der Waals surface area contributed by atoms with Crippen LogP contribution in [0.3, 0.4) is 0 Å². The molecule has 0 spiro atoms. The summed E-state index contributed by atoms with van der Waals surface area (Å²) in [6.07, 6.45) is 6.79. The van der Waals surface area contributed by atoms with Gasteiger partial charge >= 0.3 is 157 Å². The maximum atomic E-state index is 2.41. The summed E-state index contributed by atoms with van der Waals surface area (Å²) < 4.78 is 4.73. The molecule has 134 valence electrons. The van der Waals surface area contributed by atoms with E-state index in [1.54, 1.807) is 20.0 Å². The molecule has 2 aliphatic rings. The van der Waals surface area contributed by atoms with E-state index in [2.05, 4.69) is 87.1 Å². The second-order valence-electron chi connectivity index (χ2n) is 6.93. The van der Waals surface area contributed by atoms with Crippen molar-refractivity contribution in [1.29, 1.82) is 0 Å². The van der Waals surface area contributed by atoms with Crippen LogP contribution in [0.4, 0.5) is 0 Å². The standard InChI is InChI=1S/C13H10N.C9H13.2FH.Zr/c1-2-6-12-10-13(9-11(12)5-1)14-7-3-4-8-14;1-6-5-7(2)9(4)8(6)3;;;/h1-10H;6H,1-4H3;2*1H;/q;;;;+2/p-2. The van der Waals surface area contributed by atoms with Crippen LogP contribution in [0.5, 0.6) is 0 Å². The minimum atomic E-state index is -0.768. The Bertz CT molecular complexity index is 891. The summed E-state index contributed by atoms with van der Waals surface area (Å²) in [6, 6.07) is 13.2. The zero-order valence-electron chi connectivity index (χ0n) is 15.6. The van der Waals surface area contributed by atoms with Crippen molar-refractivity contribution in [3.8, 4) is 0 Å². The van der Waals surface area contributed by atoms with Crippen LogP contribution in [-0.2, 0) is 23.2 Å². The minimum Gasteiger partial charge on any atom is -1.00 e. The van der Waals surface area contributed by atoms with Crippen LogP contribution < -0.4 is 9.41 Å². The third-order valence-electron chi connectivity index (χ3n) is 5.75. The average Bonchev–Trinajstić information content (AvgIpc) is 3.28. The average molecular weight is 431 g/mol. The summed E-state index contributed by atoms with van der Waals surface area (Å²) in [4.78, 5) is 0. The van der Waals surface area contributed by atoms with E-state index in [-0.39, 0.29) is 9.41 Å². The van der Waals surface area contributed by atoms with Crippen molar-refractivity contribution < 1.29 is 32.6 Å². The number of nitrogens with zero attached hydrogens (tertiary/aromatic N) is 1. The van der Waals surface area contributed by atoms with Gasteiger partial charge in [0, 0.05) is 0 Å². The normalized spacial score (nSPS) is 21.0. The van der Waals surface area contributed by atoms with E-state index in [0.29, 0.717) is 9.54 Å². The van der Waals surface area contributed by atoms with Crippen LogP contribution in [-0.4, -0.2) is 4.57 Å². The minimum absolute atomic E-state index is 0. The number of aromatic nitrogens is 1. The number of fused-ring (bicyclic) bond motifs is 1. The molecule has 0 fully saturated rings. The third kappa shape index (κ3) is 3.25. The van der Waals surface area contributed by atoms with Crippen molar-refractivity contribution in [2.24, 2.45) is 5.92 Å². The van der Waals surface area contributed by atoms with Gasteiger partial charge in [0.25, 0.3) is 0 Å². The summed E-state index contributed by atoms with van der Waals surface area (Å²) in [5, 5.41) is 0. The predicted molar refractivity (Wildman–Crippen MR) is 98.0 cm³/mol. The summed E-state index contributed by atoms with van der Waals surface area (Å²) in [5.41, 5.74) is 9.14. The summed E-state index contributed by atoms with van der Waals surface area (Å²) in [5.74, 6) is 0.648. The smallest absolute Gasteiger partial charge is 1.00 e. The zero-order valence-corrected chi connectivity index (χ0v) is 18.0. The first-order chi connectivity index (χ1) is 11.6. The van der Waals surface area contributed by atoms with Crippen LogP contribution >= 0.6 is 0 Å². The van der Waals surface area contributed by atoms with E-state index < -0.39 is 23.2 Å². The number of hydrogen-bond acceptors (Lipinski definition) is 0. The Morgan fingerprint density at radius 1 is 0.885 bits per heavy atom. The first-order valence-electron chi connectivity index (χ1n) is 8.67. The molecule has 0 bridgehead atoms. The van der Waals surface area contributed by atoms with E-state index in [9.17, 15) is 0 Å². The summed E-state index contributed by atoms with van der Waals surface area (Å²) >= 11 is -0.768. The molecule has 4 heteroatoms. The Morgan fingerprint density at radius 2 is 1.54 bits per heavy atom. The van der Waals surface area contributed by atoms with Gasteiger partial charge in [-0.05, 0) is 0 Å². The molecule has 1 aromatic carbocycles. The Balaban J connectivity index is 0.00000121. The van der Waals surface area contributed by atoms with Gasteiger partial charge in [0.15, 0.2) is 0 Å². The molecule has 1 aromatic heterocycles. The largest absolute Gasteiger partial charge is 1.00 e. The zero-order chi connectivity index (χ0) is 16.8. The second-order valence-corrected chi connectivity index (χ2v) is 10.4. The third-order valence-corrected chi connectivity index (χ3v) is 10.7. The molecule has 2 aromatic rings. The maximum absolute atomic E-state index is 2.41. The molecule has 1 heterocycles. The van der Waals surface area contributed by atoms with Crippen LogP contribution in [0.25, 0.3) is 11.8 Å². The van der Waals surface area contributed by atoms with E-state index in [1.807, 2.05) is 0 Å². The Morgan fingerprint density at radius 3 is 2.15 bits per heavy atom. The molecular weight excluding hydrogens is 407 g/mol. The number of halogens is 2. The van der Waals surface area contributed by atoms with E-state index in [4.69, 9.17) is 0 Å². The SMILES string of the molecule is CC1=C(C)C(C)[C]([Zr+2][CH]2C(n3cccc3)=Cc3ccccc32)=C1C.[F-].[F-]. The van der Waals surface area contributed by atoms with Gasteiger partial charge in [0.1, 0.15) is 0 Å². The van der Waals surface area contributed by atoms with Gasteiger partial charge in [-0.3, -0.25) is 0 Å². The Hall–Kier alpha value is -1.54. The molecule has 1 nitrogen and oxygen atoms in total. The molecule has 0 saturated carbocycles. The van der Waals surface area contributed by atoms with E-state index >= 15 is 0 Å². The van der Waals surface area contributed by atoms with Gasteiger partial charge in [0.05, 0.1) is 0 Å². The molecular formula is C22H23F2NZr. The van der Waals surface area contributed by atoms with Crippen molar-refractivity contribution in [1.82, 2.24) is 4.57 Å². The number of allylic oxidation sites excluding steroid dienone is 5. The van der Waals surface area contributed by atoms with Crippen LogP contribution in [0.2, 0.25) is 0 Å². The van der Waals surface area contributed by atoms with Gasteiger partial charge in [-0.25, -0.2) is 0 Å². The van der Waals surface area contributed by atoms with Gasteiger partial charge in [-0.1, -0.05) is 0 Å². The fraction of sp³-hybridized carbons (Fsp3) is 0.273. The molecule has 4 rings (SSSR count). The van der Waals surface area contributed by atoms with Gasteiger partial charge in [0.2, 0.25) is 0 Å². The van der Waals surface area contributed by atoms with Crippen molar-refractivity contribution in [2.45, 2.75) is 31.3 Å². The van der Waals surface area contributed by atoms with Crippen molar-refractivity contribution in [2.75, 3.05) is 0 Å². The predicted octanol–water partition coefficient (Wildman–Crippen LogP) is -0.108. The Kier molecular flexibility index (Phi) is 6.39. The maximum Gasteiger partial charge on any atom is -1.00 e. The van der Waals surface area contributed by atoms with Crippen molar-refractivity contribution in [3.05, 3.63) is 79.9 Å². The molecule has 2 unspecified atom stereocenters. The summed E-state index contributed by atoms with van der Waals surface area (Å²) in [7, 11) is 0. The van der Waals surface area contributed by atoms with Crippen LogP contribution in [0, 0.1) is 5.92 Å².